The molecule has 3 nitrogen and oxygen atoms in total. The standard InChI is InChI=1S/C12H17ClN2O/c1-9(2)15(7-6-13)12(16)11-5-4-10(3)14-8-11/h4-5,8-9H,6-7H2,1-3H3. The van der Waals surface area contributed by atoms with Crippen LogP contribution in [0.15, 0.2) is 18.3 Å². The van der Waals surface area contributed by atoms with Crippen molar-refractivity contribution in [3.05, 3.63) is 29.6 Å². The summed E-state index contributed by atoms with van der Waals surface area (Å²) < 4.78 is 0. The van der Waals surface area contributed by atoms with Crippen molar-refractivity contribution in [2.24, 2.45) is 0 Å². The van der Waals surface area contributed by atoms with Crippen LogP contribution in [0.1, 0.15) is 29.9 Å². The van der Waals surface area contributed by atoms with Gasteiger partial charge >= 0.3 is 0 Å². The smallest absolute Gasteiger partial charge is 0.255 e. The first kappa shape index (κ1) is 13.0. The highest BCUT2D eigenvalue weighted by Gasteiger charge is 2.17. The quantitative estimate of drug-likeness (QED) is 0.758. The SMILES string of the molecule is Cc1ccc(C(=O)N(CCCl)C(C)C)cn1. The summed E-state index contributed by atoms with van der Waals surface area (Å²) in [7, 11) is 0. The van der Waals surface area contributed by atoms with Crippen LogP contribution in [0.3, 0.4) is 0 Å². The Morgan fingerprint density at radius 2 is 2.19 bits per heavy atom. The lowest BCUT2D eigenvalue weighted by Crippen LogP contribution is -2.38. The van der Waals surface area contributed by atoms with E-state index in [0.29, 0.717) is 18.0 Å². The van der Waals surface area contributed by atoms with Gasteiger partial charge in [-0.3, -0.25) is 9.78 Å². The maximum atomic E-state index is 12.1. The van der Waals surface area contributed by atoms with E-state index in [2.05, 4.69) is 4.98 Å². The minimum Gasteiger partial charge on any atom is -0.335 e. The second kappa shape index (κ2) is 5.85. The Hall–Kier alpha value is -1.09. The fourth-order valence-electron chi connectivity index (χ4n) is 1.45. The third-order valence-electron chi connectivity index (χ3n) is 2.37. The van der Waals surface area contributed by atoms with Crippen LogP contribution in [0.2, 0.25) is 0 Å². The molecule has 1 aromatic heterocycles. The van der Waals surface area contributed by atoms with Crippen LogP contribution in [-0.2, 0) is 0 Å². The van der Waals surface area contributed by atoms with E-state index in [0.717, 1.165) is 5.69 Å². The van der Waals surface area contributed by atoms with Gasteiger partial charge in [-0.2, -0.15) is 0 Å². The van der Waals surface area contributed by atoms with Crippen molar-refractivity contribution in [3.63, 3.8) is 0 Å². The first-order chi connectivity index (χ1) is 7.56. The van der Waals surface area contributed by atoms with Crippen LogP contribution in [-0.4, -0.2) is 34.3 Å². The average Bonchev–Trinajstić information content (AvgIpc) is 2.25. The summed E-state index contributed by atoms with van der Waals surface area (Å²) in [6.07, 6.45) is 1.61. The fourth-order valence-corrected chi connectivity index (χ4v) is 1.63. The zero-order valence-electron chi connectivity index (χ0n) is 9.90. The van der Waals surface area contributed by atoms with Gasteiger partial charge in [0.2, 0.25) is 0 Å². The molecule has 0 saturated carbocycles. The van der Waals surface area contributed by atoms with Crippen molar-refractivity contribution in [2.75, 3.05) is 12.4 Å². The molecule has 88 valence electrons. The van der Waals surface area contributed by atoms with Gasteiger partial charge in [0, 0.05) is 30.4 Å². The van der Waals surface area contributed by atoms with Gasteiger partial charge in [-0.15, -0.1) is 11.6 Å². The second-order valence-corrected chi connectivity index (χ2v) is 4.35. The van der Waals surface area contributed by atoms with Crippen LogP contribution < -0.4 is 0 Å². The van der Waals surface area contributed by atoms with Gasteiger partial charge in [0.05, 0.1) is 5.56 Å². The second-order valence-electron chi connectivity index (χ2n) is 3.97. The molecular formula is C12H17ClN2O. The first-order valence-corrected chi connectivity index (χ1v) is 5.89. The molecule has 0 aliphatic rings. The third-order valence-corrected chi connectivity index (χ3v) is 2.54. The molecule has 0 spiro atoms. The maximum Gasteiger partial charge on any atom is 0.255 e. The molecule has 0 aliphatic carbocycles. The zero-order chi connectivity index (χ0) is 12.1. The van der Waals surface area contributed by atoms with Crippen LogP contribution in [0.4, 0.5) is 0 Å². The number of aryl methyl sites for hydroxylation is 1. The molecule has 0 unspecified atom stereocenters. The summed E-state index contributed by atoms with van der Waals surface area (Å²) in [6.45, 7) is 6.41. The molecule has 0 bridgehead atoms. The average molecular weight is 241 g/mol. The highest BCUT2D eigenvalue weighted by atomic mass is 35.5. The van der Waals surface area contributed by atoms with Gasteiger partial charge in [-0.05, 0) is 32.9 Å². The molecule has 0 radical (unpaired) electrons. The molecule has 0 aliphatic heterocycles. The molecule has 0 atom stereocenters. The molecule has 0 N–H and O–H groups in total. The highest BCUT2D eigenvalue weighted by molar-refractivity contribution is 6.18. The van der Waals surface area contributed by atoms with Crippen molar-refractivity contribution >= 4 is 17.5 Å². The Balaban J connectivity index is 2.86. The maximum absolute atomic E-state index is 12.1. The fraction of sp³-hybridized carbons (Fsp3) is 0.500. The van der Waals surface area contributed by atoms with E-state index in [4.69, 9.17) is 11.6 Å². The number of pyridine rings is 1. The monoisotopic (exact) mass is 240 g/mol. The molecular weight excluding hydrogens is 224 g/mol. The topological polar surface area (TPSA) is 33.2 Å². The van der Waals surface area contributed by atoms with Crippen LogP contribution in [0, 0.1) is 6.92 Å². The molecule has 1 heterocycles. The number of hydrogen-bond donors (Lipinski definition) is 0. The molecule has 0 aromatic carbocycles. The first-order valence-electron chi connectivity index (χ1n) is 5.36. The Morgan fingerprint density at radius 3 is 2.62 bits per heavy atom. The van der Waals surface area contributed by atoms with Crippen LogP contribution in [0.5, 0.6) is 0 Å². The number of nitrogens with zero attached hydrogens (tertiary/aromatic N) is 2. The predicted octanol–water partition coefficient (Wildman–Crippen LogP) is 2.48. The van der Waals surface area contributed by atoms with E-state index in [1.807, 2.05) is 26.8 Å². The van der Waals surface area contributed by atoms with Crippen LogP contribution in [0.25, 0.3) is 0 Å². The van der Waals surface area contributed by atoms with E-state index < -0.39 is 0 Å². The third kappa shape index (κ3) is 3.20. The highest BCUT2D eigenvalue weighted by Crippen LogP contribution is 2.08. The van der Waals surface area contributed by atoms with Crippen molar-refractivity contribution in [1.82, 2.24) is 9.88 Å². The number of alkyl halides is 1. The number of amides is 1. The summed E-state index contributed by atoms with van der Waals surface area (Å²) >= 11 is 5.69. The van der Waals surface area contributed by atoms with Gasteiger partial charge in [-0.25, -0.2) is 0 Å². The van der Waals surface area contributed by atoms with E-state index >= 15 is 0 Å². The number of carbonyl (C=O) groups is 1. The molecule has 0 fully saturated rings. The zero-order valence-corrected chi connectivity index (χ0v) is 10.7. The molecule has 16 heavy (non-hydrogen) atoms. The lowest BCUT2D eigenvalue weighted by atomic mass is 10.2. The minimum atomic E-state index is -0.0110. The Bertz CT molecular complexity index is 349. The summed E-state index contributed by atoms with van der Waals surface area (Å²) in [4.78, 5) is 18.0. The van der Waals surface area contributed by atoms with E-state index in [1.165, 1.54) is 0 Å². The molecule has 1 aromatic rings. The number of hydrogen-bond acceptors (Lipinski definition) is 2. The summed E-state index contributed by atoms with van der Waals surface area (Å²) in [5.41, 5.74) is 1.52. The normalized spacial score (nSPS) is 10.6. The number of halogens is 1. The molecule has 1 amide bonds. The largest absolute Gasteiger partial charge is 0.335 e. The molecule has 4 heteroatoms. The van der Waals surface area contributed by atoms with Crippen molar-refractivity contribution < 1.29 is 4.79 Å². The van der Waals surface area contributed by atoms with Gasteiger partial charge in [0.15, 0.2) is 0 Å². The molecule has 1 rings (SSSR count). The predicted molar refractivity (Wildman–Crippen MR) is 65.9 cm³/mol. The van der Waals surface area contributed by atoms with Gasteiger partial charge < -0.3 is 4.90 Å². The minimum absolute atomic E-state index is 0.0110. The van der Waals surface area contributed by atoms with E-state index in [-0.39, 0.29) is 11.9 Å². The number of aromatic nitrogens is 1. The van der Waals surface area contributed by atoms with Gasteiger partial charge in [0.1, 0.15) is 0 Å². The van der Waals surface area contributed by atoms with Crippen molar-refractivity contribution in [3.8, 4) is 0 Å². The van der Waals surface area contributed by atoms with E-state index in [1.54, 1.807) is 17.2 Å². The lowest BCUT2D eigenvalue weighted by Gasteiger charge is -2.25. The summed E-state index contributed by atoms with van der Waals surface area (Å²) in [6, 6.07) is 3.79. The van der Waals surface area contributed by atoms with Gasteiger partial charge in [0.25, 0.3) is 5.91 Å². The Kier molecular flexibility index (Phi) is 4.74. The van der Waals surface area contributed by atoms with Gasteiger partial charge in [-0.1, -0.05) is 0 Å². The van der Waals surface area contributed by atoms with E-state index in [9.17, 15) is 4.79 Å². The summed E-state index contributed by atoms with van der Waals surface area (Å²) in [5.74, 6) is 0.437. The summed E-state index contributed by atoms with van der Waals surface area (Å²) in [5, 5.41) is 0. The van der Waals surface area contributed by atoms with Crippen molar-refractivity contribution in [1.29, 1.82) is 0 Å². The lowest BCUT2D eigenvalue weighted by molar-refractivity contribution is 0.0718. The van der Waals surface area contributed by atoms with Crippen molar-refractivity contribution in [2.45, 2.75) is 26.8 Å². The number of rotatable bonds is 4. The Morgan fingerprint density at radius 1 is 1.50 bits per heavy atom. The Labute approximate surface area is 101 Å². The number of carbonyl (C=O) groups excluding carboxylic acids is 1. The van der Waals surface area contributed by atoms with Crippen LogP contribution >= 0.6 is 11.6 Å². The molecule has 0 saturated heterocycles.